The molecule has 0 radical (unpaired) electrons. The summed E-state index contributed by atoms with van der Waals surface area (Å²) in [4.78, 5) is 23.9. The highest BCUT2D eigenvalue weighted by atomic mass is 32.2. The van der Waals surface area contributed by atoms with Crippen molar-refractivity contribution >= 4 is 22.1 Å². The smallest absolute Gasteiger partial charge is 0.402 e. The third-order valence-electron chi connectivity index (χ3n) is 7.15. The van der Waals surface area contributed by atoms with Crippen molar-refractivity contribution in [3.63, 3.8) is 0 Å². The molecule has 0 heterocycles. The zero-order chi connectivity index (χ0) is 19.6. The molecule has 27 heavy (non-hydrogen) atoms. The van der Waals surface area contributed by atoms with Crippen LogP contribution >= 0.6 is 0 Å². The Morgan fingerprint density at radius 2 is 1.67 bits per heavy atom. The van der Waals surface area contributed by atoms with Gasteiger partial charge in [0.05, 0.1) is 5.92 Å². The Kier molecular flexibility index (Phi) is 4.49. The van der Waals surface area contributed by atoms with Gasteiger partial charge in [-0.3, -0.25) is 9.35 Å². The number of rotatable bonds is 6. The Labute approximate surface area is 155 Å². The van der Waals surface area contributed by atoms with E-state index in [-0.39, 0.29) is 11.8 Å². The van der Waals surface area contributed by atoms with Crippen molar-refractivity contribution < 1.29 is 40.8 Å². The van der Waals surface area contributed by atoms with Gasteiger partial charge in [-0.1, -0.05) is 0 Å². The van der Waals surface area contributed by atoms with E-state index in [2.05, 4.69) is 4.74 Å². The van der Waals surface area contributed by atoms with E-state index in [0.717, 1.165) is 24.7 Å². The minimum atomic E-state index is -5.68. The third kappa shape index (κ3) is 3.14. The normalized spacial score (nSPS) is 39.4. The molecule has 10 heteroatoms. The number of halogens is 2. The molecule has 0 aromatic rings. The highest BCUT2D eigenvalue weighted by Crippen LogP contribution is 2.68. The van der Waals surface area contributed by atoms with Crippen molar-refractivity contribution in [3.8, 4) is 0 Å². The van der Waals surface area contributed by atoms with Gasteiger partial charge in [0.1, 0.15) is 0 Å². The lowest BCUT2D eigenvalue weighted by Gasteiger charge is -2.37. The minimum Gasteiger partial charge on any atom is -0.455 e. The first kappa shape index (κ1) is 19.0. The van der Waals surface area contributed by atoms with E-state index in [1.165, 1.54) is 19.3 Å². The fourth-order valence-corrected chi connectivity index (χ4v) is 6.56. The van der Waals surface area contributed by atoms with Crippen molar-refractivity contribution in [2.24, 2.45) is 41.4 Å². The summed E-state index contributed by atoms with van der Waals surface area (Å²) in [5.74, 6) is 1.55. The van der Waals surface area contributed by atoms with Crippen molar-refractivity contribution in [1.29, 1.82) is 0 Å². The maximum absolute atomic E-state index is 13.0. The maximum Gasteiger partial charge on any atom is 0.402 e. The van der Waals surface area contributed by atoms with Gasteiger partial charge >= 0.3 is 27.3 Å². The Balaban J connectivity index is 1.27. The Hall–Kier alpha value is -1.29. The highest BCUT2D eigenvalue weighted by Gasteiger charge is 2.63. The van der Waals surface area contributed by atoms with Crippen molar-refractivity contribution in [2.75, 3.05) is 13.2 Å². The quantitative estimate of drug-likeness (QED) is 0.406. The second kappa shape index (κ2) is 6.37. The lowest BCUT2D eigenvalue weighted by atomic mass is 9.67. The fraction of sp³-hybridized carbons (Fsp3) is 0.882. The zero-order valence-electron chi connectivity index (χ0n) is 14.6. The zero-order valence-corrected chi connectivity index (χ0v) is 15.4. The molecule has 7 atom stereocenters. The van der Waals surface area contributed by atoms with Gasteiger partial charge < -0.3 is 9.47 Å². The Morgan fingerprint density at radius 1 is 1.00 bits per heavy atom. The summed E-state index contributed by atoms with van der Waals surface area (Å²) >= 11 is 0. The average molecular weight is 408 g/mol. The van der Waals surface area contributed by atoms with E-state index in [1.807, 2.05) is 0 Å². The molecule has 0 saturated heterocycles. The predicted octanol–water partition coefficient (Wildman–Crippen LogP) is 1.87. The molecular formula is C17H22F2O7S. The third-order valence-corrected chi connectivity index (χ3v) is 8.02. The van der Waals surface area contributed by atoms with Gasteiger partial charge in [0.2, 0.25) is 0 Å². The number of alkyl halides is 2. The van der Waals surface area contributed by atoms with Crippen LogP contribution in [0.3, 0.4) is 0 Å². The molecule has 7 unspecified atom stereocenters. The molecule has 4 aliphatic rings. The Bertz CT molecular complexity index is 752. The largest absolute Gasteiger partial charge is 0.455 e. The van der Waals surface area contributed by atoms with E-state index < -0.39 is 40.5 Å². The fourth-order valence-electron chi connectivity index (χ4n) is 6.35. The summed E-state index contributed by atoms with van der Waals surface area (Å²) < 4.78 is 64.3. The first-order valence-corrected chi connectivity index (χ1v) is 10.7. The molecule has 7 nitrogen and oxygen atoms in total. The Morgan fingerprint density at radius 3 is 2.33 bits per heavy atom. The van der Waals surface area contributed by atoms with Gasteiger partial charge in [-0.05, 0) is 67.6 Å². The molecule has 0 aliphatic heterocycles. The van der Waals surface area contributed by atoms with Crippen LogP contribution < -0.4 is 0 Å². The molecule has 4 bridgehead atoms. The van der Waals surface area contributed by atoms with Crippen LogP contribution in [0.4, 0.5) is 8.78 Å². The molecule has 152 valence electrons. The number of esters is 2. The number of hydrogen-bond donors (Lipinski definition) is 1. The monoisotopic (exact) mass is 408 g/mol. The topological polar surface area (TPSA) is 107 Å². The molecule has 0 amide bonds. The molecule has 4 rings (SSSR count). The van der Waals surface area contributed by atoms with Crippen molar-refractivity contribution in [2.45, 2.75) is 37.4 Å². The number of hydrogen-bond acceptors (Lipinski definition) is 6. The first-order chi connectivity index (χ1) is 12.6. The van der Waals surface area contributed by atoms with E-state index in [1.54, 1.807) is 0 Å². The molecule has 0 aromatic carbocycles. The molecule has 0 aromatic heterocycles. The second-order valence-corrected chi connectivity index (χ2v) is 9.92. The summed E-state index contributed by atoms with van der Waals surface area (Å²) in [5, 5.41) is -4.60. The summed E-state index contributed by atoms with van der Waals surface area (Å²) in [5.41, 5.74) is 0. The van der Waals surface area contributed by atoms with Crippen LogP contribution in [-0.2, 0) is 29.2 Å². The van der Waals surface area contributed by atoms with Crippen LogP contribution in [0, 0.1) is 41.4 Å². The number of fused-ring (bicyclic) bond motifs is 9. The number of ether oxygens (including phenoxy) is 2. The van der Waals surface area contributed by atoms with Gasteiger partial charge in [0.15, 0.2) is 13.2 Å². The van der Waals surface area contributed by atoms with Crippen LogP contribution in [0.2, 0.25) is 0 Å². The first-order valence-electron chi connectivity index (χ1n) is 9.25. The molecule has 0 spiro atoms. The number of carbonyl (C=O) groups excluding carboxylic acids is 2. The van der Waals surface area contributed by atoms with Gasteiger partial charge in [0.25, 0.3) is 0 Å². The molecule has 4 aliphatic carbocycles. The van der Waals surface area contributed by atoms with Gasteiger partial charge in [-0.25, -0.2) is 4.79 Å². The van der Waals surface area contributed by atoms with E-state index >= 15 is 0 Å². The summed E-state index contributed by atoms with van der Waals surface area (Å²) in [6.45, 7) is -2.68. The van der Waals surface area contributed by atoms with E-state index in [9.17, 15) is 26.8 Å². The standard InChI is InChI=1S/C17H22F2O7S/c18-17(19,27(22,23)24)7-26-13(20)6-25-16(21)12-5-10-4-11(12)15-9-2-1-8(3-9)14(10)15/h8-12,14-15H,1-7H2,(H,22,23,24). The second-order valence-electron chi connectivity index (χ2n) is 8.37. The molecular weight excluding hydrogens is 386 g/mol. The summed E-state index contributed by atoms with van der Waals surface area (Å²) in [6, 6.07) is 0. The van der Waals surface area contributed by atoms with Crippen LogP contribution in [0.25, 0.3) is 0 Å². The van der Waals surface area contributed by atoms with E-state index in [4.69, 9.17) is 9.29 Å². The van der Waals surface area contributed by atoms with Crippen LogP contribution in [-0.4, -0.2) is 43.4 Å². The van der Waals surface area contributed by atoms with Crippen LogP contribution in [0.15, 0.2) is 0 Å². The van der Waals surface area contributed by atoms with Crippen LogP contribution in [0.1, 0.15) is 32.1 Å². The van der Waals surface area contributed by atoms with Crippen molar-refractivity contribution in [1.82, 2.24) is 0 Å². The lowest BCUT2D eigenvalue weighted by Crippen LogP contribution is -2.37. The van der Waals surface area contributed by atoms with Crippen LogP contribution in [0.5, 0.6) is 0 Å². The molecule has 4 saturated carbocycles. The van der Waals surface area contributed by atoms with Gasteiger partial charge in [0, 0.05) is 0 Å². The summed E-state index contributed by atoms with van der Waals surface area (Å²) in [6.07, 6.45) is 5.56. The highest BCUT2D eigenvalue weighted by molar-refractivity contribution is 7.86. The lowest BCUT2D eigenvalue weighted by molar-refractivity contribution is -0.166. The summed E-state index contributed by atoms with van der Waals surface area (Å²) in [7, 11) is -5.68. The van der Waals surface area contributed by atoms with Crippen molar-refractivity contribution in [3.05, 3.63) is 0 Å². The van der Waals surface area contributed by atoms with Gasteiger partial charge in [-0.2, -0.15) is 17.2 Å². The average Bonchev–Trinajstić information content (AvgIpc) is 3.35. The predicted molar refractivity (Wildman–Crippen MR) is 85.9 cm³/mol. The minimum absolute atomic E-state index is 0.261. The molecule has 1 N–H and O–H groups in total. The SMILES string of the molecule is O=C(COC(=O)C1CC2CC1C1C3CCC(C3)C21)OCC(F)(F)S(=O)(=O)O. The number of carbonyl (C=O) groups is 2. The molecule has 4 fully saturated rings. The van der Waals surface area contributed by atoms with E-state index in [0.29, 0.717) is 17.8 Å². The van der Waals surface area contributed by atoms with Gasteiger partial charge in [-0.15, -0.1) is 0 Å². The maximum atomic E-state index is 13.0.